The molecule has 19 heavy (non-hydrogen) atoms. The molecular weight excluding hydrogens is 256 g/mol. The summed E-state index contributed by atoms with van der Waals surface area (Å²) in [6.45, 7) is 8.51. The molecule has 0 spiro atoms. The molecule has 0 aliphatic carbocycles. The van der Waals surface area contributed by atoms with Crippen LogP contribution in [0.25, 0.3) is 0 Å². The van der Waals surface area contributed by atoms with Crippen LogP contribution in [-0.2, 0) is 0 Å². The van der Waals surface area contributed by atoms with E-state index in [9.17, 15) is 4.79 Å². The molecule has 0 radical (unpaired) electrons. The number of benzene rings is 1. The summed E-state index contributed by atoms with van der Waals surface area (Å²) in [5.41, 5.74) is 8.33. The molecule has 1 amide bonds. The highest BCUT2D eigenvalue weighted by Crippen LogP contribution is 2.17. The normalized spacial score (nSPS) is 10.6. The number of hydrogen-bond acceptors (Lipinski definition) is 2. The number of carbonyl (C=O) groups excluding carboxylic acids is 1. The molecule has 1 aromatic rings. The molecule has 0 bridgehead atoms. The van der Waals surface area contributed by atoms with Crippen LogP contribution in [0.15, 0.2) is 18.2 Å². The van der Waals surface area contributed by atoms with E-state index in [0.717, 1.165) is 16.7 Å². The molecule has 0 heterocycles. The van der Waals surface area contributed by atoms with Crippen molar-refractivity contribution in [2.24, 2.45) is 5.73 Å². The van der Waals surface area contributed by atoms with Crippen LogP contribution in [0.2, 0.25) is 0 Å². The van der Waals surface area contributed by atoms with Crippen molar-refractivity contribution in [2.75, 3.05) is 6.54 Å². The van der Waals surface area contributed by atoms with Gasteiger partial charge in [0.25, 0.3) is 5.91 Å². The molecule has 0 aliphatic heterocycles. The van der Waals surface area contributed by atoms with Gasteiger partial charge in [-0.2, -0.15) is 0 Å². The van der Waals surface area contributed by atoms with E-state index in [2.05, 4.69) is 0 Å². The standard InChI is InChI=1S/C15H22N2OS/c1-10(2)17(9-8-13(16)19)15(18)14-11(3)6-5-7-12(14)4/h5-7,10H,8-9H2,1-4H3,(H2,16,19). The molecule has 4 heteroatoms. The monoisotopic (exact) mass is 278 g/mol. The minimum atomic E-state index is 0.0573. The van der Waals surface area contributed by atoms with E-state index in [0.29, 0.717) is 18.0 Å². The van der Waals surface area contributed by atoms with Gasteiger partial charge in [0.05, 0.1) is 4.99 Å². The summed E-state index contributed by atoms with van der Waals surface area (Å²) in [6.07, 6.45) is 0.560. The van der Waals surface area contributed by atoms with Crippen molar-refractivity contribution in [1.29, 1.82) is 0 Å². The maximum absolute atomic E-state index is 12.7. The predicted molar refractivity (Wildman–Crippen MR) is 83.5 cm³/mol. The fourth-order valence-corrected chi connectivity index (χ4v) is 2.21. The van der Waals surface area contributed by atoms with Crippen molar-refractivity contribution >= 4 is 23.1 Å². The topological polar surface area (TPSA) is 46.3 Å². The molecule has 0 aromatic heterocycles. The van der Waals surface area contributed by atoms with Crippen LogP contribution < -0.4 is 5.73 Å². The lowest BCUT2D eigenvalue weighted by molar-refractivity contribution is 0.0710. The number of amides is 1. The number of hydrogen-bond donors (Lipinski definition) is 1. The Hall–Kier alpha value is -1.42. The zero-order valence-corrected chi connectivity index (χ0v) is 12.9. The number of aryl methyl sites for hydroxylation is 2. The summed E-state index contributed by atoms with van der Waals surface area (Å²) in [4.78, 5) is 15.0. The molecule has 0 saturated carbocycles. The lowest BCUT2D eigenvalue weighted by Crippen LogP contribution is -2.39. The third-order valence-electron chi connectivity index (χ3n) is 3.18. The van der Waals surface area contributed by atoms with Gasteiger partial charge in [-0.1, -0.05) is 30.4 Å². The average Bonchev–Trinajstić information content (AvgIpc) is 2.27. The Labute approximate surface area is 120 Å². The average molecular weight is 278 g/mol. The Morgan fingerprint density at radius 2 is 1.84 bits per heavy atom. The Bertz CT molecular complexity index is 463. The second-order valence-electron chi connectivity index (χ2n) is 5.08. The van der Waals surface area contributed by atoms with E-state index in [1.165, 1.54) is 0 Å². The maximum Gasteiger partial charge on any atom is 0.254 e. The summed E-state index contributed by atoms with van der Waals surface area (Å²) in [5, 5.41) is 0. The fourth-order valence-electron chi connectivity index (χ4n) is 2.12. The maximum atomic E-state index is 12.7. The number of nitrogens with two attached hydrogens (primary N) is 1. The van der Waals surface area contributed by atoms with Gasteiger partial charge in [-0.25, -0.2) is 0 Å². The lowest BCUT2D eigenvalue weighted by Gasteiger charge is -2.28. The van der Waals surface area contributed by atoms with E-state index in [-0.39, 0.29) is 11.9 Å². The number of nitrogens with zero attached hydrogens (tertiary/aromatic N) is 1. The highest BCUT2D eigenvalue weighted by atomic mass is 32.1. The second kappa shape index (κ2) is 6.66. The quantitative estimate of drug-likeness (QED) is 0.842. The van der Waals surface area contributed by atoms with Gasteiger partial charge in [0, 0.05) is 24.6 Å². The van der Waals surface area contributed by atoms with Gasteiger partial charge in [0.15, 0.2) is 0 Å². The Morgan fingerprint density at radius 1 is 1.32 bits per heavy atom. The number of thiocarbonyl (C=S) groups is 1. The van der Waals surface area contributed by atoms with Crippen LogP contribution in [0, 0.1) is 13.8 Å². The first-order valence-electron chi connectivity index (χ1n) is 6.50. The van der Waals surface area contributed by atoms with Gasteiger partial charge in [-0.15, -0.1) is 0 Å². The lowest BCUT2D eigenvalue weighted by atomic mass is 10.0. The van der Waals surface area contributed by atoms with Gasteiger partial charge in [0.1, 0.15) is 0 Å². The molecule has 0 atom stereocenters. The summed E-state index contributed by atoms with van der Waals surface area (Å²) in [6, 6.07) is 6.02. The Balaban J connectivity index is 3.03. The van der Waals surface area contributed by atoms with Gasteiger partial charge < -0.3 is 10.6 Å². The van der Waals surface area contributed by atoms with Crippen LogP contribution in [0.3, 0.4) is 0 Å². The third-order valence-corrected chi connectivity index (χ3v) is 3.38. The molecule has 1 aromatic carbocycles. The number of carbonyl (C=O) groups is 1. The molecule has 0 aliphatic rings. The largest absolute Gasteiger partial charge is 0.393 e. The van der Waals surface area contributed by atoms with Gasteiger partial charge >= 0.3 is 0 Å². The predicted octanol–water partition coefficient (Wildman–Crippen LogP) is 2.83. The van der Waals surface area contributed by atoms with Crippen molar-refractivity contribution < 1.29 is 4.79 Å². The van der Waals surface area contributed by atoms with Crippen molar-refractivity contribution in [3.63, 3.8) is 0 Å². The first kappa shape index (κ1) is 15.6. The van der Waals surface area contributed by atoms with Crippen LogP contribution in [0.1, 0.15) is 41.8 Å². The molecule has 3 nitrogen and oxygen atoms in total. The first-order chi connectivity index (χ1) is 8.84. The minimum absolute atomic E-state index is 0.0573. The third kappa shape index (κ3) is 4.03. The summed E-state index contributed by atoms with van der Waals surface area (Å²) >= 11 is 4.90. The molecule has 104 valence electrons. The van der Waals surface area contributed by atoms with Crippen molar-refractivity contribution in [3.8, 4) is 0 Å². The first-order valence-corrected chi connectivity index (χ1v) is 6.91. The summed E-state index contributed by atoms with van der Waals surface area (Å²) in [5.74, 6) is 0.0573. The van der Waals surface area contributed by atoms with Gasteiger partial charge in [-0.3, -0.25) is 4.79 Å². The zero-order chi connectivity index (χ0) is 14.6. The van der Waals surface area contributed by atoms with Gasteiger partial charge in [0.2, 0.25) is 0 Å². The fraction of sp³-hybridized carbons (Fsp3) is 0.467. The Kier molecular flexibility index (Phi) is 5.48. The second-order valence-corrected chi connectivity index (χ2v) is 5.60. The van der Waals surface area contributed by atoms with Crippen molar-refractivity contribution in [3.05, 3.63) is 34.9 Å². The van der Waals surface area contributed by atoms with E-state index >= 15 is 0 Å². The highest BCUT2D eigenvalue weighted by molar-refractivity contribution is 7.80. The van der Waals surface area contributed by atoms with E-state index in [1.807, 2.05) is 50.8 Å². The molecule has 1 rings (SSSR count). The summed E-state index contributed by atoms with van der Waals surface area (Å²) in [7, 11) is 0. The molecule has 0 unspecified atom stereocenters. The summed E-state index contributed by atoms with van der Waals surface area (Å²) < 4.78 is 0. The van der Waals surface area contributed by atoms with E-state index in [4.69, 9.17) is 18.0 Å². The molecule has 0 saturated heterocycles. The van der Waals surface area contributed by atoms with Crippen LogP contribution in [0.5, 0.6) is 0 Å². The van der Waals surface area contributed by atoms with Crippen molar-refractivity contribution in [1.82, 2.24) is 4.90 Å². The minimum Gasteiger partial charge on any atom is -0.393 e. The molecular formula is C15H22N2OS. The van der Waals surface area contributed by atoms with Crippen LogP contribution >= 0.6 is 12.2 Å². The SMILES string of the molecule is Cc1cccc(C)c1C(=O)N(CCC(N)=S)C(C)C. The van der Waals surface area contributed by atoms with Crippen LogP contribution in [-0.4, -0.2) is 28.4 Å². The highest BCUT2D eigenvalue weighted by Gasteiger charge is 2.21. The number of rotatable bonds is 5. The molecule has 2 N–H and O–H groups in total. The molecule has 0 fully saturated rings. The van der Waals surface area contributed by atoms with Gasteiger partial charge in [-0.05, 0) is 38.8 Å². The van der Waals surface area contributed by atoms with Crippen LogP contribution in [0.4, 0.5) is 0 Å². The zero-order valence-electron chi connectivity index (χ0n) is 12.1. The van der Waals surface area contributed by atoms with E-state index < -0.39 is 0 Å². The van der Waals surface area contributed by atoms with Crippen molar-refractivity contribution in [2.45, 2.75) is 40.2 Å². The Morgan fingerprint density at radius 3 is 2.26 bits per heavy atom. The smallest absolute Gasteiger partial charge is 0.254 e. The van der Waals surface area contributed by atoms with E-state index in [1.54, 1.807) is 0 Å².